The summed E-state index contributed by atoms with van der Waals surface area (Å²) in [6.45, 7) is 5.74. The van der Waals surface area contributed by atoms with Crippen LogP contribution in [0.4, 0.5) is 11.4 Å². The molecule has 1 amide bonds. The number of hydrogen-bond donors (Lipinski definition) is 2. The Labute approximate surface area is 169 Å². The van der Waals surface area contributed by atoms with Crippen molar-refractivity contribution in [3.05, 3.63) is 65.2 Å². The van der Waals surface area contributed by atoms with E-state index >= 15 is 0 Å². The van der Waals surface area contributed by atoms with Gasteiger partial charge in [-0.3, -0.25) is 14.1 Å². The van der Waals surface area contributed by atoms with Crippen LogP contribution in [0.25, 0.3) is 11.9 Å². The molecule has 8 nitrogen and oxygen atoms in total. The molecule has 29 heavy (non-hydrogen) atoms. The van der Waals surface area contributed by atoms with Crippen molar-refractivity contribution in [2.24, 2.45) is 0 Å². The van der Waals surface area contributed by atoms with Crippen molar-refractivity contribution < 1.29 is 17.7 Å². The molecule has 2 heterocycles. The maximum Gasteiger partial charge on any atom is 0.248 e. The van der Waals surface area contributed by atoms with E-state index in [-0.39, 0.29) is 5.91 Å². The summed E-state index contributed by atoms with van der Waals surface area (Å²) in [4.78, 5) is 12.2. The quantitative estimate of drug-likeness (QED) is 0.601. The van der Waals surface area contributed by atoms with E-state index in [1.54, 1.807) is 30.3 Å². The number of anilines is 2. The number of nitrogens with zero attached hydrogens (tertiary/aromatic N) is 2. The summed E-state index contributed by atoms with van der Waals surface area (Å²) in [5, 5.41) is 6.78. The molecule has 0 unspecified atom stereocenters. The lowest BCUT2D eigenvalue weighted by Gasteiger charge is -2.06. The summed E-state index contributed by atoms with van der Waals surface area (Å²) in [5.41, 5.74) is 3.80. The monoisotopic (exact) mass is 414 g/mol. The summed E-state index contributed by atoms with van der Waals surface area (Å²) in [6, 6.07) is 10.2. The standard InChI is InChI=1S/C20H22N4O4S/c1-13-11-16(15(3)24(13)19-12-14(2)28-22-19)5-10-20(25)21-17-6-8-18(9-7-17)23-29(4,26)27/h5-12,23H,1-4H3,(H,21,25). The fraction of sp³-hybridized carbons (Fsp3) is 0.200. The van der Waals surface area contributed by atoms with Gasteiger partial charge in [-0.05, 0) is 62.7 Å². The molecule has 2 N–H and O–H groups in total. The van der Waals surface area contributed by atoms with Gasteiger partial charge < -0.3 is 9.84 Å². The van der Waals surface area contributed by atoms with Gasteiger partial charge in [0.25, 0.3) is 0 Å². The Bertz CT molecular complexity index is 1170. The number of benzene rings is 1. The minimum absolute atomic E-state index is 0.295. The Morgan fingerprint density at radius 2 is 1.76 bits per heavy atom. The van der Waals surface area contributed by atoms with Gasteiger partial charge in [0.15, 0.2) is 5.82 Å². The minimum Gasteiger partial charge on any atom is -0.360 e. The number of rotatable bonds is 6. The zero-order valence-electron chi connectivity index (χ0n) is 16.6. The first-order valence-corrected chi connectivity index (χ1v) is 10.7. The smallest absolute Gasteiger partial charge is 0.248 e. The molecule has 2 aromatic heterocycles. The number of sulfonamides is 1. The molecule has 1 aromatic carbocycles. The van der Waals surface area contributed by atoms with E-state index in [0.29, 0.717) is 17.2 Å². The van der Waals surface area contributed by atoms with Gasteiger partial charge in [0.2, 0.25) is 15.9 Å². The van der Waals surface area contributed by atoms with Crippen molar-refractivity contribution in [1.82, 2.24) is 9.72 Å². The zero-order chi connectivity index (χ0) is 21.2. The largest absolute Gasteiger partial charge is 0.360 e. The maximum absolute atomic E-state index is 12.2. The summed E-state index contributed by atoms with van der Waals surface area (Å²) in [7, 11) is -3.34. The SMILES string of the molecule is Cc1cc(-n2c(C)cc(C=CC(=O)Nc3ccc(NS(C)(=O)=O)cc3)c2C)no1. The van der Waals surface area contributed by atoms with E-state index in [4.69, 9.17) is 4.52 Å². The molecular weight excluding hydrogens is 392 g/mol. The average molecular weight is 414 g/mol. The van der Waals surface area contributed by atoms with Gasteiger partial charge in [-0.1, -0.05) is 5.16 Å². The van der Waals surface area contributed by atoms with Gasteiger partial charge in [-0.2, -0.15) is 0 Å². The molecular formula is C20H22N4O4S. The maximum atomic E-state index is 12.2. The van der Waals surface area contributed by atoms with Gasteiger partial charge in [-0.25, -0.2) is 8.42 Å². The Morgan fingerprint density at radius 1 is 1.10 bits per heavy atom. The molecule has 0 aliphatic heterocycles. The van der Waals surface area contributed by atoms with Gasteiger partial charge in [0, 0.05) is 34.9 Å². The van der Waals surface area contributed by atoms with Crippen molar-refractivity contribution in [1.29, 1.82) is 0 Å². The van der Waals surface area contributed by atoms with Crippen molar-refractivity contribution >= 4 is 33.4 Å². The topological polar surface area (TPSA) is 106 Å². The van der Waals surface area contributed by atoms with Gasteiger partial charge >= 0.3 is 0 Å². The molecule has 9 heteroatoms. The molecule has 0 bridgehead atoms. The lowest BCUT2D eigenvalue weighted by molar-refractivity contribution is -0.111. The van der Waals surface area contributed by atoms with Crippen LogP contribution in [0.2, 0.25) is 0 Å². The molecule has 0 aliphatic carbocycles. The fourth-order valence-electron chi connectivity index (χ4n) is 2.95. The number of carbonyl (C=O) groups excluding carboxylic acids is 1. The molecule has 0 fully saturated rings. The molecule has 0 radical (unpaired) electrons. The van der Waals surface area contributed by atoms with E-state index in [1.165, 1.54) is 6.08 Å². The summed E-state index contributed by atoms with van der Waals surface area (Å²) in [5.74, 6) is 1.13. The molecule has 0 atom stereocenters. The van der Waals surface area contributed by atoms with Crippen LogP contribution in [0.3, 0.4) is 0 Å². The van der Waals surface area contributed by atoms with Crippen molar-refractivity contribution in [2.75, 3.05) is 16.3 Å². The van der Waals surface area contributed by atoms with E-state index in [1.807, 2.05) is 37.5 Å². The first kappa shape index (κ1) is 20.4. The van der Waals surface area contributed by atoms with Crippen LogP contribution >= 0.6 is 0 Å². The molecule has 0 spiro atoms. The second kappa shape index (κ2) is 7.96. The molecule has 152 valence electrons. The van der Waals surface area contributed by atoms with E-state index in [9.17, 15) is 13.2 Å². The number of amides is 1. The number of aromatic nitrogens is 2. The number of nitrogens with one attached hydrogen (secondary N) is 2. The summed E-state index contributed by atoms with van der Waals surface area (Å²) < 4.78 is 31.9. The highest BCUT2D eigenvalue weighted by Crippen LogP contribution is 2.22. The van der Waals surface area contributed by atoms with Gasteiger partial charge in [0.05, 0.1) is 6.26 Å². The third-order valence-corrected chi connectivity index (χ3v) is 4.79. The van der Waals surface area contributed by atoms with Crippen LogP contribution < -0.4 is 10.0 Å². The number of aryl methyl sites for hydroxylation is 2. The first-order valence-electron chi connectivity index (χ1n) is 8.82. The highest BCUT2D eigenvalue weighted by molar-refractivity contribution is 7.92. The molecule has 0 saturated heterocycles. The Kier molecular flexibility index (Phi) is 5.60. The van der Waals surface area contributed by atoms with Crippen molar-refractivity contribution in [2.45, 2.75) is 20.8 Å². The molecule has 0 aliphatic rings. The van der Waals surface area contributed by atoms with E-state index < -0.39 is 10.0 Å². The van der Waals surface area contributed by atoms with Crippen LogP contribution in [-0.4, -0.2) is 30.3 Å². The van der Waals surface area contributed by atoms with Crippen LogP contribution in [0.5, 0.6) is 0 Å². The van der Waals surface area contributed by atoms with E-state index in [2.05, 4.69) is 15.2 Å². The predicted molar refractivity (Wildman–Crippen MR) is 113 cm³/mol. The second-order valence-electron chi connectivity index (χ2n) is 6.73. The Morgan fingerprint density at radius 3 is 2.34 bits per heavy atom. The molecule has 3 rings (SSSR count). The van der Waals surface area contributed by atoms with Gasteiger partial charge in [0.1, 0.15) is 5.76 Å². The third-order valence-electron chi connectivity index (χ3n) is 4.18. The van der Waals surface area contributed by atoms with Gasteiger partial charge in [-0.15, -0.1) is 0 Å². The Hall–Kier alpha value is -3.33. The number of hydrogen-bond acceptors (Lipinski definition) is 5. The zero-order valence-corrected chi connectivity index (χ0v) is 17.4. The Balaban J connectivity index is 1.70. The minimum atomic E-state index is -3.34. The highest BCUT2D eigenvalue weighted by atomic mass is 32.2. The summed E-state index contributed by atoms with van der Waals surface area (Å²) >= 11 is 0. The average Bonchev–Trinajstić information content (AvgIpc) is 3.16. The molecule has 0 saturated carbocycles. The first-order chi connectivity index (χ1) is 13.6. The van der Waals surface area contributed by atoms with Crippen molar-refractivity contribution in [3.63, 3.8) is 0 Å². The van der Waals surface area contributed by atoms with E-state index in [0.717, 1.165) is 29.0 Å². The fourth-order valence-corrected chi connectivity index (χ4v) is 3.52. The van der Waals surface area contributed by atoms with Crippen LogP contribution in [-0.2, 0) is 14.8 Å². The van der Waals surface area contributed by atoms with Crippen LogP contribution in [0, 0.1) is 20.8 Å². The normalized spacial score (nSPS) is 11.7. The lowest BCUT2D eigenvalue weighted by atomic mass is 10.2. The predicted octanol–water partition coefficient (Wildman–Crippen LogP) is 3.41. The molecule has 3 aromatic rings. The highest BCUT2D eigenvalue weighted by Gasteiger charge is 2.12. The summed E-state index contributed by atoms with van der Waals surface area (Å²) in [6.07, 6.45) is 4.26. The second-order valence-corrected chi connectivity index (χ2v) is 8.48. The van der Waals surface area contributed by atoms with Crippen molar-refractivity contribution in [3.8, 4) is 5.82 Å². The lowest BCUT2D eigenvalue weighted by Crippen LogP contribution is -2.10. The van der Waals surface area contributed by atoms with Crippen LogP contribution in [0.1, 0.15) is 22.7 Å². The third kappa shape index (κ3) is 5.14. The number of carbonyl (C=O) groups is 1. The van der Waals surface area contributed by atoms with Crippen LogP contribution in [0.15, 0.2) is 47.0 Å².